The van der Waals surface area contributed by atoms with Crippen LogP contribution in [0.4, 0.5) is 4.39 Å². The van der Waals surface area contributed by atoms with Gasteiger partial charge in [0.1, 0.15) is 5.82 Å². The van der Waals surface area contributed by atoms with Gasteiger partial charge in [0.2, 0.25) is 0 Å². The fourth-order valence-corrected chi connectivity index (χ4v) is 2.43. The van der Waals surface area contributed by atoms with E-state index >= 15 is 0 Å². The molecule has 1 nitrogen and oxygen atoms in total. The van der Waals surface area contributed by atoms with Gasteiger partial charge in [-0.15, -0.1) is 0 Å². The van der Waals surface area contributed by atoms with E-state index in [0.717, 1.165) is 17.6 Å². The van der Waals surface area contributed by atoms with Gasteiger partial charge in [0.15, 0.2) is 0 Å². The zero-order chi connectivity index (χ0) is 13.8. The topological polar surface area (TPSA) is 23.8 Å². The van der Waals surface area contributed by atoms with Gasteiger partial charge in [-0.05, 0) is 35.5 Å². The first-order valence-electron chi connectivity index (χ1n) is 6.67. The number of allylic oxidation sites excluding steroid dienone is 4. The SMILES string of the molecule is CC1CC=CC=C1c1ccc(C(C)CC#N)cc1F. The lowest BCUT2D eigenvalue weighted by molar-refractivity contribution is 0.613. The van der Waals surface area contributed by atoms with Gasteiger partial charge < -0.3 is 0 Å². The number of rotatable bonds is 3. The lowest BCUT2D eigenvalue weighted by atomic mass is 9.86. The van der Waals surface area contributed by atoms with Gasteiger partial charge in [-0.25, -0.2) is 4.39 Å². The Bertz CT molecular complexity index is 563. The first-order valence-corrected chi connectivity index (χ1v) is 6.67. The molecule has 0 spiro atoms. The van der Waals surface area contributed by atoms with Crippen molar-refractivity contribution < 1.29 is 4.39 Å². The van der Waals surface area contributed by atoms with Gasteiger partial charge in [-0.2, -0.15) is 5.26 Å². The van der Waals surface area contributed by atoms with Crippen molar-refractivity contribution in [2.75, 3.05) is 0 Å². The molecule has 2 rings (SSSR count). The molecule has 1 aromatic carbocycles. The fraction of sp³-hybridized carbons (Fsp3) is 0.353. The van der Waals surface area contributed by atoms with Crippen LogP contribution in [0, 0.1) is 23.1 Å². The van der Waals surface area contributed by atoms with E-state index in [0.29, 0.717) is 17.9 Å². The largest absolute Gasteiger partial charge is 0.206 e. The smallest absolute Gasteiger partial charge is 0.130 e. The average Bonchev–Trinajstić information content (AvgIpc) is 2.40. The molecule has 0 heterocycles. The summed E-state index contributed by atoms with van der Waals surface area (Å²) in [6.45, 7) is 4.06. The lowest BCUT2D eigenvalue weighted by Crippen LogP contribution is -2.04. The maximum absolute atomic E-state index is 14.3. The summed E-state index contributed by atoms with van der Waals surface area (Å²) in [6.07, 6.45) is 7.46. The van der Waals surface area contributed by atoms with E-state index in [4.69, 9.17) is 5.26 Å². The quantitative estimate of drug-likeness (QED) is 0.759. The van der Waals surface area contributed by atoms with Crippen molar-refractivity contribution in [3.8, 4) is 6.07 Å². The molecule has 1 aliphatic carbocycles. The molecule has 0 amide bonds. The molecule has 0 saturated carbocycles. The molecule has 0 aliphatic heterocycles. The number of halogens is 1. The Hall–Kier alpha value is -1.88. The molecule has 0 aromatic heterocycles. The molecule has 0 N–H and O–H groups in total. The molecule has 1 aromatic rings. The maximum atomic E-state index is 14.3. The maximum Gasteiger partial charge on any atom is 0.130 e. The Morgan fingerprint density at radius 2 is 2.26 bits per heavy atom. The van der Waals surface area contributed by atoms with Gasteiger partial charge in [-0.3, -0.25) is 0 Å². The van der Waals surface area contributed by atoms with Crippen LogP contribution >= 0.6 is 0 Å². The van der Waals surface area contributed by atoms with Crippen molar-refractivity contribution in [2.24, 2.45) is 5.92 Å². The third-order valence-electron chi connectivity index (χ3n) is 3.70. The highest BCUT2D eigenvalue weighted by atomic mass is 19.1. The zero-order valence-electron chi connectivity index (χ0n) is 11.4. The number of benzene rings is 1. The summed E-state index contributed by atoms with van der Waals surface area (Å²) in [6, 6.07) is 7.48. The van der Waals surface area contributed by atoms with E-state index in [-0.39, 0.29) is 11.7 Å². The van der Waals surface area contributed by atoms with E-state index in [2.05, 4.69) is 19.1 Å². The second-order valence-electron chi connectivity index (χ2n) is 5.19. The predicted octanol–water partition coefficient (Wildman–Crippen LogP) is 4.82. The lowest BCUT2D eigenvalue weighted by Gasteiger charge is -2.19. The monoisotopic (exact) mass is 255 g/mol. The summed E-state index contributed by atoms with van der Waals surface area (Å²) in [7, 11) is 0. The molecule has 2 heteroatoms. The highest BCUT2D eigenvalue weighted by Crippen LogP contribution is 2.32. The van der Waals surface area contributed by atoms with Crippen LogP contribution in [0.3, 0.4) is 0 Å². The first kappa shape index (κ1) is 13.5. The van der Waals surface area contributed by atoms with Crippen molar-refractivity contribution in [2.45, 2.75) is 32.6 Å². The van der Waals surface area contributed by atoms with Gasteiger partial charge >= 0.3 is 0 Å². The number of nitriles is 1. The van der Waals surface area contributed by atoms with Crippen LogP contribution in [-0.4, -0.2) is 0 Å². The van der Waals surface area contributed by atoms with Crippen LogP contribution in [0.1, 0.15) is 43.7 Å². The molecule has 1 aliphatic rings. The van der Waals surface area contributed by atoms with Crippen LogP contribution in [0.5, 0.6) is 0 Å². The van der Waals surface area contributed by atoms with Gasteiger partial charge in [0, 0.05) is 12.0 Å². The molecule has 2 atom stereocenters. The molecule has 19 heavy (non-hydrogen) atoms. The third-order valence-corrected chi connectivity index (χ3v) is 3.70. The highest BCUT2D eigenvalue weighted by molar-refractivity contribution is 5.70. The first-order chi connectivity index (χ1) is 9.13. The number of nitrogens with zero attached hydrogens (tertiary/aromatic N) is 1. The Labute approximate surface area is 114 Å². The predicted molar refractivity (Wildman–Crippen MR) is 75.9 cm³/mol. The summed E-state index contributed by atoms with van der Waals surface area (Å²) in [5.41, 5.74) is 2.63. The summed E-state index contributed by atoms with van der Waals surface area (Å²) in [5, 5.41) is 8.70. The van der Waals surface area contributed by atoms with Crippen molar-refractivity contribution in [1.82, 2.24) is 0 Å². The second-order valence-corrected chi connectivity index (χ2v) is 5.19. The van der Waals surface area contributed by atoms with E-state index in [9.17, 15) is 4.39 Å². The summed E-state index contributed by atoms with van der Waals surface area (Å²) in [5.74, 6) is 0.240. The minimum absolute atomic E-state index is 0.0752. The highest BCUT2D eigenvalue weighted by Gasteiger charge is 2.16. The molecule has 0 bridgehead atoms. The molecular formula is C17H18FN. The number of hydrogen-bond donors (Lipinski definition) is 0. The van der Waals surface area contributed by atoms with Gasteiger partial charge in [0.25, 0.3) is 0 Å². The molecule has 98 valence electrons. The number of hydrogen-bond acceptors (Lipinski definition) is 1. The Morgan fingerprint density at radius 1 is 1.47 bits per heavy atom. The summed E-state index contributed by atoms with van der Waals surface area (Å²) >= 11 is 0. The zero-order valence-corrected chi connectivity index (χ0v) is 11.4. The van der Waals surface area contributed by atoms with E-state index in [1.54, 1.807) is 6.07 Å². The van der Waals surface area contributed by atoms with Crippen LogP contribution in [0.2, 0.25) is 0 Å². The van der Waals surface area contributed by atoms with Crippen LogP contribution in [-0.2, 0) is 0 Å². The van der Waals surface area contributed by atoms with Gasteiger partial charge in [0.05, 0.1) is 6.07 Å². The minimum Gasteiger partial charge on any atom is -0.206 e. The summed E-state index contributed by atoms with van der Waals surface area (Å²) < 4.78 is 14.3. The fourth-order valence-electron chi connectivity index (χ4n) is 2.43. The Morgan fingerprint density at radius 3 is 2.89 bits per heavy atom. The van der Waals surface area contributed by atoms with Crippen molar-refractivity contribution in [1.29, 1.82) is 5.26 Å². The standard InChI is InChI=1S/C17H18FN/c1-12(9-10-19)14-7-8-16(17(18)11-14)15-6-4-3-5-13(15)2/h3-4,6-8,11-13H,5,9H2,1-2H3. The van der Waals surface area contributed by atoms with E-state index in [1.165, 1.54) is 0 Å². The van der Waals surface area contributed by atoms with E-state index < -0.39 is 0 Å². The Balaban J connectivity index is 2.32. The molecule has 0 saturated heterocycles. The van der Waals surface area contributed by atoms with Crippen LogP contribution < -0.4 is 0 Å². The van der Waals surface area contributed by atoms with E-state index in [1.807, 2.05) is 31.2 Å². The van der Waals surface area contributed by atoms with Gasteiger partial charge in [-0.1, -0.05) is 44.2 Å². The minimum atomic E-state index is -0.185. The molecule has 2 unspecified atom stereocenters. The Kier molecular flexibility index (Phi) is 4.16. The molecule has 0 fully saturated rings. The van der Waals surface area contributed by atoms with Crippen molar-refractivity contribution in [3.05, 3.63) is 53.4 Å². The van der Waals surface area contributed by atoms with Crippen molar-refractivity contribution >= 4 is 5.57 Å². The third kappa shape index (κ3) is 2.93. The molecule has 0 radical (unpaired) electrons. The van der Waals surface area contributed by atoms with Crippen LogP contribution in [0.25, 0.3) is 5.57 Å². The van der Waals surface area contributed by atoms with Crippen LogP contribution in [0.15, 0.2) is 36.4 Å². The normalized spacial score (nSPS) is 19.7. The second kappa shape index (κ2) is 5.84. The summed E-state index contributed by atoms with van der Waals surface area (Å²) in [4.78, 5) is 0. The molecular weight excluding hydrogens is 237 g/mol. The average molecular weight is 255 g/mol. The van der Waals surface area contributed by atoms with Crippen molar-refractivity contribution in [3.63, 3.8) is 0 Å².